The highest BCUT2D eigenvalue weighted by molar-refractivity contribution is 8.00. The van der Waals surface area contributed by atoms with Crippen LogP contribution in [0.3, 0.4) is 0 Å². The van der Waals surface area contributed by atoms with E-state index in [1.165, 1.54) is 30.2 Å². The summed E-state index contributed by atoms with van der Waals surface area (Å²) < 4.78 is 14.7. The highest BCUT2D eigenvalue weighted by Gasteiger charge is 2.20. The van der Waals surface area contributed by atoms with Gasteiger partial charge in [-0.1, -0.05) is 11.8 Å². The van der Waals surface area contributed by atoms with Gasteiger partial charge in [0.15, 0.2) is 5.65 Å². The van der Waals surface area contributed by atoms with Gasteiger partial charge < -0.3 is 5.32 Å². The topological polar surface area (TPSA) is 102 Å². The molecule has 10 heteroatoms. The van der Waals surface area contributed by atoms with E-state index in [9.17, 15) is 14.0 Å². The fourth-order valence-corrected chi connectivity index (χ4v) is 3.21. The van der Waals surface area contributed by atoms with E-state index in [4.69, 9.17) is 0 Å². The van der Waals surface area contributed by atoms with Gasteiger partial charge in [-0.25, -0.2) is 23.8 Å². The molecule has 3 rings (SSSR count). The van der Waals surface area contributed by atoms with E-state index in [0.717, 1.165) is 0 Å². The Morgan fingerprint density at radius 1 is 1.26 bits per heavy atom. The van der Waals surface area contributed by atoms with Crippen LogP contribution in [-0.4, -0.2) is 43.5 Å². The first-order valence-electron chi connectivity index (χ1n) is 8.19. The highest BCUT2D eigenvalue weighted by Crippen LogP contribution is 2.28. The van der Waals surface area contributed by atoms with Crippen molar-refractivity contribution in [1.82, 2.24) is 30.4 Å². The van der Waals surface area contributed by atoms with Crippen LogP contribution in [-0.2, 0) is 4.79 Å². The van der Waals surface area contributed by atoms with Crippen LogP contribution in [0.1, 0.15) is 13.8 Å². The van der Waals surface area contributed by atoms with Crippen molar-refractivity contribution >= 4 is 34.7 Å². The number of thioether (sulfide) groups is 1. The quantitative estimate of drug-likeness (QED) is 0.514. The van der Waals surface area contributed by atoms with Crippen molar-refractivity contribution in [1.29, 1.82) is 0 Å². The number of nitrogens with zero attached hydrogens (tertiary/aromatic N) is 4. The first-order chi connectivity index (χ1) is 13.0. The number of hydrogen-bond donors (Lipinski definition) is 2. The molecule has 27 heavy (non-hydrogen) atoms. The molecule has 0 fully saturated rings. The number of benzene rings is 1. The minimum atomic E-state index is -0.556. The Morgan fingerprint density at radius 2 is 2.00 bits per heavy atom. The van der Waals surface area contributed by atoms with Gasteiger partial charge in [-0.3, -0.25) is 10.1 Å². The summed E-state index contributed by atoms with van der Waals surface area (Å²) in [5, 5.41) is 9.74. The Bertz CT molecular complexity index is 975. The number of halogens is 1. The molecule has 0 bridgehead atoms. The average molecular weight is 388 g/mol. The summed E-state index contributed by atoms with van der Waals surface area (Å²) >= 11 is 1.20. The number of amides is 3. The molecule has 1 aromatic carbocycles. The van der Waals surface area contributed by atoms with E-state index in [1.54, 1.807) is 36.9 Å². The number of carbonyl (C=O) groups is 2. The lowest BCUT2D eigenvalue weighted by Gasteiger charge is -2.11. The summed E-state index contributed by atoms with van der Waals surface area (Å²) in [5.74, 6) is -0.767. The Labute approximate surface area is 158 Å². The zero-order valence-corrected chi connectivity index (χ0v) is 15.5. The minimum absolute atomic E-state index is 0.340. The van der Waals surface area contributed by atoms with Crippen molar-refractivity contribution in [3.05, 3.63) is 42.6 Å². The lowest BCUT2D eigenvalue weighted by molar-refractivity contribution is -0.119. The fraction of sp³-hybridized carbons (Fsp3) is 0.235. The summed E-state index contributed by atoms with van der Waals surface area (Å²) in [6, 6.07) is 5.34. The fourth-order valence-electron chi connectivity index (χ4n) is 2.33. The van der Waals surface area contributed by atoms with E-state index in [0.29, 0.717) is 28.3 Å². The zero-order valence-electron chi connectivity index (χ0n) is 14.6. The number of urea groups is 1. The summed E-state index contributed by atoms with van der Waals surface area (Å²) in [5.41, 5.74) is 1.19. The van der Waals surface area contributed by atoms with Crippen molar-refractivity contribution in [2.24, 2.45) is 0 Å². The molecule has 2 heterocycles. The number of aromatic nitrogens is 4. The molecule has 3 amide bonds. The average Bonchev–Trinajstić information content (AvgIpc) is 3.07. The molecule has 1 unspecified atom stereocenters. The van der Waals surface area contributed by atoms with Gasteiger partial charge in [-0.15, -0.1) is 0 Å². The van der Waals surface area contributed by atoms with Gasteiger partial charge in [0, 0.05) is 6.54 Å². The van der Waals surface area contributed by atoms with Crippen molar-refractivity contribution in [2.45, 2.75) is 24.1 Å². The van der Waals surface area contributed by atoms with E-state index < -0.39 is 17.2 Å². The van der Waals surface area contributed by atoms with Crippen LogP contribution >= 0.6 is 11.8 Å². The van der Waals surface area contributed by atoms with Crippen LogP contribution in [0.4, 0.5) is 9.18 Å². The number of imide groups is 1. The van der Waals surface area contributed by atoms with Gasteiger partial charge in [-0.2, -0.15) is 5.10 Å². The van der Waals surface area contributed by atoms with Gasteiger partial charge >= 0.3 is 6.03 Å². The number of hydrogen-bond acceptors (Lipinski definition) is 6. The van der Waals surface area contributed by atoms with Crippen LogP contribution in [0.15, 0.2) is 41.8 Å². The largest absolute Gasteiger partial charge is 0.338 e. The summed E-state index contributed by atoms with van der Waals surface area (Å²) in [6.07, 6.45) is 2.97. The molecule has 2 aromatic heterocycles. The van der Waals surface area contributed by atoms with Crippen molar-refractivity contribution in [2.75, 3.05) is 6.54 Å². The minimum Gasteiger partial charge on any atom is -0.338 e. The van der Waals surface area contributed by atoms with Crippen LogP contribution in [0.25, 0.3) is 16.7 Å². The number of nitrogens with one attached hydrogen (secondary N) is 2. The summed E-state index contributed by atoms with van der Waals surface area (Å²) in [7, 11) is 0. The molecule has 0 radical (unpaired) electrons. The number of fused-ring (bicyclic) bond motifs is 1. The molecule has 0 aliphatic carbocycles. The normalized spacial score (nSPS) is 12.0. The van der Waals surface area contributed by atoms with Gasteiger partial charge in [-0.05, 0) is 38.1 Å². The van der Waals surface area contributed by atoms with Crippen LogP contribution < -0.4 is 10.6 Å². The van der Waals surface area contributed by atoms with Crippen molar-refractivity contribution in [3.63, 3.8) is 0 Å². The zero-order chi connectivity index (χ0) is 19.4. The maximum atomic E-state index is 13.1. The molecule has 0 aliphatic heterocycles. The van der Waals surface area contributed by atoms with Crippen molar-refractivity contribution in [3.8, 4) is 5.69 Å². The third-order valence-corrected chi connectivity index (χ3v) is 4.75. The van der Waals surface area contributed by atoms with Gasteiger partial charge in [0.1, 0.15) is 17.2 Å². The Kier molecular flexibility index (Phi) is 5.65. The van der Waals surface area contributed by atoms with E-state index in [2.05, 4.69) is 25.7 Å². The Hall–Kier alpha value is -3.01. The highest BCUT2D eigenvalue weighted by atomic mass is 32.2. The number of rotatable bonds is 5. The van der Waals surface area contributed by atoms with Gasteiger partial charge in [0.25, 0.3) is 0 Å². The lowest BCUT2D eigenvalue weighted by atomic mass is 10.3. The standard InChI is InChI=1S/C17H17FN6O2S/c1-3-19-17(26)23-15(25)10(2)27-16-13-8-22-24(14(13)20-9-21-16)12-6-4-11(18)5-7-12/h4-10H,3H2,1-2H3,(H2,19,23,25,26). The molecule has 0 saturated carbocycles. The van der Waals surface area contributed by atoms with E-state index in [1.807, 2.05) is 0 Å². The van der Waals surface area contributed by atoms with Crippen molar-refractivity contribution < 1.29 is 14.0 Å². The van der Waals surface area contributed by atoms with E-state index >= 15 is 0 Å². The molecule has 140 valence electrons. The maximum Gasteiger partial charge on any atom is 0.321 e. The maximum absolute atomic E-state index is 13.1. The molecule has 2 N–H and O–H groups in total. The van der Waals surface area contributed by atoms with Crippen LogP contribution in [0, 0.1) is 5.82 Å². The first kappa shape index (κ1) is 18.8. The van der Waals surface area contributed by atoms with E-state index in [-0.39, 0.29) is 5.82 Å². The second kappa shape index (κ2) is 8.12. The van der Waals surface area contributed by atoms with Gasteiger partial charge in [0.05, 0.1) is 22.5 Å². The summed E-state index contributed by atoms with van der Waals surface area (Å²) in [6.45, 7) is 3.87. The monoisotopic (exact) mass is 388 g/mol. The molecule has 8 nitrogen and oxygen atoms in total. The van der Waals surface area contributed by atoms with Gasteiger partial charge in [0.2, 0.25) is 5.91 Å². The second-order valence-electron chi connectivity index (χ2n) is 5.56. The number of carbonyl (C=O) groups excluding carboxylic acids is 2. The molecule has 1 atom stereocenters. The SMILES string of the molecule is CCNC(=O)NC(=O)C(C)Sc1ncnc2c1cnn2-c1ccc(F)cc1. The molecular weight excluding hydrogens is 371 g/mol. The molecule has 0 aliphatic rings. The second-order valence-corrected chi connectivity index (χ2v) is 6.89. The summed E-state index contributed by atoms with van der Waals surface area (Å²) in [4.78, 5) is 32.1. The Morgan fingerprint density at radius 3 is 2.70 bits per heavy atom. The third kappa shape index (κ3) is 4.22. The first-order valence-corrected chi connectivity index (χ1v) is 9.07. The predicted molar refractivity (Wildman–Crippen MR) is 99.2 cm³/mol. The molecule has 0 spiro atoms. The predicted octanol–water partition coefficient (Wildman–Crippen LogP) is 2.28. The molecule has 0 saturated heterocycles. The molecular formula is C17H17FN6O2S. The third-order valence-electron chi connectivity index (χ3n) is 3.63. The lowest BCUT2D eigenvalue weighted by Crippen LogP contribution is -2.42. The van der Waals surface area contributed by atoms with Crippen LogP contribution in [0.5, 0.6) is 0 Å². The smallest absolute Gasteiger partial charge is 0.321 e. The molecule has 3 aromatic rings. The Balaban J connectivity index is 1.83. The van der Waals surface area contributed by atoms with Crippen LogP contribution in [0.2, 0.25) is 0 Å².